The van der Waals surface area contributed by atoms with Gasteiger partial charge in [0, 0.05) is 26.1 Å². The molecule has 0 aromatic carbocycles. The highest BCUT2D eigenvalue weighted by molar-refractivity contribution is 5.89. The lowest BCUT2D eigenvalue weighted by molar-refractivity contribution is -0.137. The summed E-state index contributed by atoms with van der Waals surface area (Å²) in [7, 11) is 1.90. The van der Waals surface area contributed by atoms with Crippen LogP contribution >= 0.6 is 0 Å². The van der Waals surface area contributed by atoms with Crippen molar-refractivity contribution in [3.05, 3.63) is 0 Å². The smallest absolute Gasteiger partial charge is 0.227 e. The van der Waals surface area contributed by atoms with Gasteiger partial charge < -0.3 is 10.2 Å². The minimum Gasteiger partial charge on any atom is -0.355 e. The van der Waals surface area contributed by atoms with Crippen molar-refractivity contribution >= 4 is 11.8 Å². The zero-order valence-electron chi connectivity index (χ0n) is 11.4. The highest BCUT2D eigenvalue weighted by atomic mass is 16.2. The predicted molar refractivity (Wildman–Crippen MR) is 69.9 cm³/mol. The molecule has 18 heavy (non-hydrogen) atoms. The van der Waals surface area contributed by atoms with Crippen molar-refractivity contribution in [2.45, 2.75) is 51.5 Å². The highest BCUT2D eigenvalue weighted by Crippen LogP contribution is 2.29. The van der Waals surface area contributed by atoms with Crippen LogP contribution in [0.25, 0.3) is 0 Å². The molecule has 2 amide bonds. The summed E-state index contributed by atoms with van der Waals surface area (Å²) in [5, 5.41) is 2.74. The van der Waals surface area contributed by atoms with Gasteiger partial charge in [-0.15, -0.1) is 0 Å². The van der Waals surface area contributed by atoms with E-state index in [1.807, 2.05) is 11.9 Å². The first-order valence-electron chi connectivity index (χ1n) is 7.15. The number of carbonyl (C=O) groups is 2. The SMILES string of the molecule is CCC1CCC(N(C)C(=O)C2CNC(=O)C2)CC1. The van der Waals surface area contributed by atoms with Crippen LogP contribution in [0, 0.1) is 11.8 Å². The lowest BCUT2D eigenvalue weighted by atomic mass is 9.84. The quantitative estimate of drug-likeness (QED) is 0.828. The fraction of sp³-hybridized carbons (Fsp3) is 0.857. The lowest BCUT2D eigenvalue weighted by Gasteiger charge is -2.35. The molecule has 2 aliphatic rings. The summed E-state index contributed by atoms with van der Waals surface area (Å²) in [5.41, 5.74) is 0. The van der Waals surface area contributed by atoms with E-state index in [0.717, 1.165) is 18.8 Å². The van der Waals surface area contributed by atoms with E-state index in [2.05, 4.69) is 12.2 Å². The topological polar surface area (TPSA) is 49.4 Å². The second-order valence-corrected chi connectivity index (χ2v) is 5.74. The van der Waals surface area contributed by atoms with Gasteiger partial charge >= 0.3 is 0 Å². The minimum atomic E-state index is -0.133. The molecule has 0 spiro atoms. The molecular weight excluding hydrogens is 228 g/mol. The van der Waals surface area contributed by atoms with Crippen molar-refractivity contribution in [3.8, 4) is 0 Å². The van der Waals surface area contributed by atoms with E-state index in [0.29, 0.717) is 19.0 Å². The van der Waals surface area contributed by atoms with Crippen molar-refractivity contribution in [3.63, 3.8) is 0 Å². The molecule has 1 saturated heterocycles. The van der Waals surface area contributed by atoms with Gasteiger partial charge in [0.05, 0.1) is 5.92 Å². The van der Waals surface area contributed by atoms with Crippen LogP contribution in [0.4, 0.5) is 0 Å². The van der Waals surface area contributed by atoms with Crippen molar-refractivity contribution in [1.82, 2.24) is 10.2 Å². The number of carbonyl (C=O) groups excluding carboxylic acids is 2. The first-order chi connectivity index (χ1) is 8.61. The number of nitrogens with zero attached hydrogens (tertiary/aromatic N) is 1. The van der Waals surface area contributed by atoms with Gasteiger partial charge in [-0.1, -0.05) is 13.3 Å². The summed E-state index contributed by atoms with van der Waals surface area (Å²) in [6, 6.07) is 0.385. The summed E-state index contributed by atoms with van der Waals surface area (Å²) in [6.45, 7) is 2.77. The molecule has 1 heterocycles. The van der Waals surface area contributed by atoms with Crippen molar-refractivity contribution in [2.24, 2.45) is 11.8 Å². The summed E-state index contributed by atoms with van der Waals surface area (Å²) in [4.78, 5) is 25.3. The van der Waals surface area contributed by atoms with Gasteiger partial charge in [0.2, 0.25) is 11.8 Å². The molecule has 0 aromatic rings. The second-order valence-electron chi connectivity index (χ2n) is 5.74. The summed E-state index contributed by atoms with van der Waals surface area (Å²) < 4.78 is 0. The largest absolute Gasteiger partial charge is 0.355 e. The Morgan fingerprint density at radius 3 is 2.50 bits per heavy atom. The molecule has 4 nitrogen and oxygen atoms in total. The third-order valence-corrected chi connectivity index (χ3v) is 4.62. The molecule has 4 heteroatoms. The third kappa shape index (κ3) is 2.85. The summed E-state index contributed by atoms with van der Waals surface area (Å²) >= 11 is 0. The Labute approximate surface area is 109 Å². The minimum absolute atomic E-state index is 0.0106. The van der Waals surface area contributed by atoms with Crippen molar-refractivity contribution in [1.29, 1.82) is 0 Å². The average molecular weight is 252 g/mol. The Morgan fingerprint density at radius 1 is 1.33 bits per heavy atom. The maximum absolute atomic E-state index is 12.3. The molecule has 1 N–H and O–H groups in total. The van der Waals surface area contributed by atoms with Gasteiger partial charge in [-0.25, -0.2) is 0 Å². The molecule has 2 rings (SSSR count). The molecule has 2 fully saturated rings. The molecular formula is C14H24N2O2. The zero-order valence-corrected chi connectivity index (χ0v) is 11.4. The van der Waals surface area contributed by atoms with Gasteiger partial charge in [-0.05, 0) is 31.6 Å². The molecule has 0 aromatic heterocycles. The van der Waals surface area contributed by atoms with Crippen LogP contribution in [0.1, 0.15) is 45.4 Å². The third-order valence-electron chi connectivity index (χ3n) is 4.62. The first-order valence-corrected chi connectivity index (χ1v) is 7.15. The van der Waals surface area contributed by atoms with E-state index in [9.17, 15) is 9.59 Å². The summed E-state index contributed by atoms with van der Waals surface area (Å²) in [5.74, 6) is 0.871. The molecule has 0 radical (unpaired) electrons. The Bertz CT molecular complexity index is 322. The Hall–Kier alpha value is -1.06. The Balaban J connectivity index is 1.85. The fourth-order valence-electron chi connectivity index (χ4n) is 3.19. The maximum atomic E-state index is 12.3. The first kappa shape index (κ1) is 13.4. The van der Waals surface area contributed by atoms with E-state index in [-0.39, 0.29) is 17.7 Å². The highest BCUT2D eigenvalue weighted by Gasteiger charge is 2.33. The molecule has 1 saturated carbocycles. The van der Waals surface area contributed by atoms with Crippen LogP contribution in [-0.2, 0) is 9.59 Å². The standard InChI is InChI=1S/C14H24N2O2/c1-3-10-4-6-12(7-5-10)16(2)14(18)11-8-13(17)15-9-11/h10-12H,3-9H2,1-2H3,(H,15,17). The number of rotatable bonds is 3. The van der Waals surface area contributed by atoms with E-state index >= 15 is 0 Å². The van der Waals surface area contributed by atoms with Crippen LogP contribution in [0.15, 0.2) is 0 Å². The van der Waals surface area contributed by atoms with E-state index in [1.165, 1.54) is 19.3 Å². The lowest BCUT2D eigenvalue weighted by Crippen LogP contribution is -2.43. The number of amides is 2. The van der Waals surface area contributed by atoms with Crippen LogP contribution in [0.5, 0.6) is 0 Å². The van der Waals surface area contributed by atoms with Crippen LogP contribution < -0.4 is 5.32 Å². The van der Waals surface area contributed by atoms with Crippen molar-refractivity contribution in [2.75, 3.05) is 13.6 Å². The number of hydrogen-bond acceptors (Lipinski definition) is 2. The van der Waals surface area contributed by atoms with E-state index in [4.69, 9.17) is 0 Å². The summed E-state index contributed by atoms with van der Waals surface area (Å²) in [6.07, 6.45) is 6.34. The van der Waals surface area contributed by atoms with Gasteiger partial charge in [0.25, 0.3) is 0 Å². The van der Waals surface area contributed by atoms with Gasteiger partial charge in [-0.3, -0.25) is 9.59 Å². The predicted octanol–water partition coefficient (Wildman–Crippen LogP) is 1.55. The molecule has 0 bridgehead atoms. The molecule has 1 unspecified atom stereocenters. The fourth-order valence-corrected chi connectivity index (χ4v) is 3.19. The molecule has 102 valence electrons. The average Bonchev–Trinajstić information content (AvgIpc) is 2.84. The van der Waals surface area contributed by atoms with Crippen LogP contribution in [0.3, 0.4) is 0 Å². The zero-order chi connectivity index (χ0) is 13.1. The number of hydrogen-bond donors (Lipinski definition) is 1. The van der Waals surface area contributed by atoms with Gasteiger partial charge in [-0.2, -0.15) is 0 Å². The van der Waals surface area contributed by atoms with Crippen LogP contribution in [-0.4, -0.2) is 36.3 Å². The van der Waals surface area contributed by atoms with Crippen LogP contribution in [0.2, 0.25) is 0 Å². The molecule has 1 aliphatic carbocycles. The molecule has 1 atom stereocenters. The number of nitrogens with one attached hydrogen (secondary N) is 1. The van der Waals surface area contributed by atoms with E-state index in [1.54, 1.807) is 0 Å². The Morgan fingerprint density at radius 2 is 2.00 bits per heavy atom. The van der Waals surface area contributed by atoms with Gasteiger partial charge in [0.15, 0.2) is 0 Å². The normalized spacial score (nSPS) is 32.1. The monoisotopic (exact) mass is 252 g/mol. The van der Waals surface area contributed by atoms with Crippen molar-refractivity contribution < 1.29 is 9.59 Å². The molecule has 1 aliphatic heterocycles. The van der Waals surface area contributed by atoms with Gasteiger partial charge in [0.1, 0.15) is 0 Å². The Kier molecular flexibility index (Phi) is 4.25. The van der Waals surface area contributed by atoms with E-state index < -0.39 is 0 Å². The second kappa shape index (κ2) is 5.72. The maximum Gasteiger partial charge on any atom is 0.227 e.